The number of fused-ring (bicyclic) bond motifs is 1. The number of aromatic hydroxyl groups is 1. The molecule has 3 rings (SSSR count). The molecule has 0 unspecified atom stereocenters. The number of nitrogens with zero attached hydrogens (tertiary/aromatic N) is 2. The minimum absolute atomic E-state index is 0.210. The molecule has 0 aliphatic heterocycles. The molecule has 20 heavy (non-hydrogen) atoms. The van der Waals surface area contributed by atoms with Crippen LogP contribution in [0.15, 0.2) is 64.5 Å². The highest BCUT2D eigenvalue weighted by Gasteiger charge is 2.11. The third-order valence-corrected chi connectivity index (χ3v) is 4.13. The molecule has 0 bridgehead atoms. The van der Waals surface area contributed by atoms with Crippen molar-refractivity contribution in [2.45, 2.75) is 9.79 Å². The summed E-state index contributed by atoms with van der Waals surface area (Å²) in [5, 5.41) is 20.1. The highest BCUT2D eigenvalue weighted by atomic mass is 32.2. The van der Waals surface area contributed by atoms with Crippen molar-refractivity contribution in [1.82, 2.24) is 4.98 Å². The molecular formula is C16H10N2OS. The van der Waals surface area contributed by atoms with Gasteiger partial charge in [-0.15, -0.1) is 0 Å². The minimum atomic E-state index is 0.210. The van der Waals surface area contributed by atoms with Crippen LogP contribution in [0.3, 0.4) is 0 Å². The smallest absolute Gasteiger partial charge is 0.129 e. The average molecular weight is 278 g/mol. The average Bonchev–Trinajstić information content (AvgIpc) is 2.50. The molecule has 0 amide bonds. The molecule has 1 N–H and O–H groups in total. The van der Waals surface area contributed by atoms with Crippen molar-refractivity contribution >= 4 is 22.7 Å². The molecule has 0 fully saturated rings. The first-order valence-electron chi connectivity index (χ1n) is 6.03. The summed E-state index contributed by atoms with van der Waals surface area (Å²) in [6.45, 7) is 0. The largest absolute Gasteiger partial charge is 0.507 e. The molecule has 1 heterocycles. The number of hydrogen-bond acceptors (Lipinski definition) is 4. The molecule has 0 radical (unpaired) electrons. The fourth-order valence-corrected chi connectivity index (χ4v) is 2.99. The zero-order chi connectivity index (χ0) is 13.9. The van der Waals surface area contributed by atoms with E-state index in [0.29, 0.717) is 5.56 Å². The molecule has 3 aromatic rings. The molecule has 0 aliphatic carbocycles. The molecule has 4 heteroatoms. The molecule has 1 aromatic heterocycles. The lowest BCUT2D eigenvalue weighted by Gasteiger charge is -2.08. The Morgan fingerprint density at radius 3 is 2.60 bits per heavy atom. The topological polar surface area (TPSA) is 56.9 Å². The van der Waals surface area contributed by atoms with E-state index in [1.54, 1.807) is 18.3 Å². The van der Waals surface area contributed by atoms with Gasteiger partial charge in [0.25, 0.3) is 0 Å². The van der Waals surface area contributed by atoms with Crippen molar-refractivity contribution in [2.24, 2.45) is 0 Å². The van der Waals surface area contributed by atoms with Crippen LogP contribution in [0.2, 0.25) is 0 Å². The first-order valence-corrected chi connectivity index (χ1v) is 6.85. The maximum atomic E-state index is 9.89. The molecule has 96 valence electrons. The predicted molar refractivity (Wildman–Crippen MR) is 78.7 cm³/mol. The van der Waals surface area contributed by atoms with Gasteiger partial charge in [0.05, 0.1) is 16.0 Å². The molecule has 2 aromatic carbocycles. The van der Waals surface area contributed by atoms with Crippen LogP contribution in [-0.4, -0.2) is 10.1 Å². The van der Waals surface area contributed by atoms with E-state index in [1.807, 2.05) is 36.4 Å². The summed E-state index contributed by atoms with van der Waals surface area (Å²) in [5.41, 5.74) is 1.35. The van der Waals surface area contributed by atoms with Crippen molar-refractivity contribution in [1.29, 1.82) is 5.26 Å². The van der Waals surface area contributed by atoms with E-state index in [9.17, 15) is 10.4 Å². The van der Waals surface area contributed by atoms with Crippen LogP contribution in [0.1, 0.15) is 5.56 Å². The van der Waals surface area contributed by atoms with Gasteiger partial charge in [0.2, 0.25) is 0 Å². The number of pyridine rings is 1. The normalized spacial score (nSPS) is 10.3. The van der Waals surface area contributed by atoms with Crippen LogP contribution in [0.4, 0.5) is 0 Å². The molecule has 0 aliphatic rings. The molecule has 0 spiro atoms. The number of hydrogen-bond donors (Lipinski definition) is 1. The zero-order valence-corrected chi connectivity index (χ0v) is 11.3. The van der Waals surface area contributed by atoms with Crippen LogP contribution >= 0.6 is 11.8 Å². The van der Waals surface area contributed by atoms with Gasteiger partial charge in [-0.25, -0.2) is 0 Å². The van der Waals surface area contributed by atoms with E-state index in [4.69, 9.17) is 0 Å². The highest BCUT2D eigenvalue weighted by Crippen LogP contribution is 2.39. The van der Waals surface area contributed by atoms with Crippen LogP contribution in [0.5, 0.6) is 5.75 Å². The first-order chi connectivity index (χ1) is 9.79. The number of nitriles is 1. The SMILES string of the molecule is N#Cc1cnc2ccccc2c1Sc1ccccc1O. The summed E-state index contributed by atoms with van der Waals surface area (Å²) in [6, 6.07) is 16.9. The van der Waals surface area contributed by atoms with Gasteiger partial charge < -0.3 is 5.11 Å². The van der Waals surface area contributed by atoms with Gasteiger partial charge in [-0.3, -0.25) is 4.98 Å². The Morgan fingerprint density at radius 2 is 1.80 bits per heavy atom. The van der Waals surface area contributed by atoms with Gasteiger partial charge in [-0.1, -0.05) is 42.1 Å². The first kappa shape index (κ1) is 12.5. The summed E-state index contributed by atoms with van der Waals surface area (Å²) in [4.78, 5) is 5.82. The van der Waals surface area contributed by atoms with E-state index < -0.39 is 0 Å². The zero-order valence-electron chi connectivity index (χ0n) is 10.4. The second kappa shape index (κ2) is 5.24. The summed E-state index contributed by atoms with van der Waals surface area (Å²) in [6.07, 6.45) is 1.57. The number of phenols is 1. The molecule has 0 atom stereocenters. The van der Waals surface area contributed by atoms with E-state index >= 15 is 0 Å². The van der Waals surface area contributed by atoms with Gasteiger partial charge in [-0.2, -0.15) is 5.26 Å². The van der Waals surface area contributed by atoms with Gasteiger partial charge >= 0.3 is 0 Å². The van der Waals surface area contributed by atoms with Gasteiger partial charge in [0, 0.05) is 16.5 Å². The van der Waals surface area contributed by atoms with E-state index in [1.165, 1.54) is 11.8 Å². The Bertz CT molecular complexity index is 824. The number of aromatic nitrogens is 1. The van der Waals surface area contributed by atoms with Crippen molar-refractivity contribution in [2.75, 3.05) is 0 Å². The second-order valence-electron chi connectivity index (χ2n) is 4.20. The highest BCUT2D eigenvalue weighted by molar-refractivity contribution is 7.99. The lowest BCUT2D eigenvalue weighted by Crippen LogP contribution is -1.88. The maximum absolute atomic E-state index is 9.89. The summed E-state index contributed by atoms with van der Waals surface area (Å²) in [5.74, 6) is 0.210. The van der Waals surface area contributed by atoms with E-state index in [0.717, 1.165) is 20.7 Å². The number of benzene rings is 2. The molecule has 3 nitrogen and oxygen atoms in total. The van der Waals surface area contributed by atoms with Crippen LogP contribution in [-0.2, 0) is 0 Å². The Morgan fingerprint density at radius 1 is 1.05 bits per heavy atom. The van der Waals surface area contributed by atoms with Gasteiger partial charge in [0.1, 0.15) is 11.8 Å². The van der Waals surface area contributed by atoms with Crippen molar-refractivity contribution in [3.05, 3.63) is 60.3 Å². The van der Waals surface area contributed by atoms with Crippen molar-refractivity contribution < 1.29 is 5.11 Å². The Hall–Kier alpha value is -2.51. The number of para-hydroxylation sites is 2. The predicted octanol–water partition coefficient (Wildman–Crippen LogP) is 3.96. The lowest BCUT2D eigenvalue weighted by atomic mass is 10.2. The molecule has 0 saturated heterocycles. The van der Waals surface area contributed by atoms with Crippen LogP contribution in [0, 0.1) is 11.3 Å². The van der Waals surface area contributed by atoms with Crippen molar-refractivity contribution in [3.8, 4) is 11.8 Å². The Labute approximate surface area is 120 Å². The maximum Gasteiger partial charge on any atom is 0.129 e. The minimum Gasteiger partial charge on any atom is -0.507 e. The van der Waals surface area contributed by atoms with Gasteiger partial charge in [-0.05, 0) is 18.2 Å². The van der Waals surface area contributed by atoms with E-state index in [2.05, 4.69) is 11.1 Å². The Kier molecular flexibility index (Phi) is 3.28. The number of rotatable bonds is 2. The monoisotopic (exact) mass is 278 g/mol. The van der Waals surface area contributed by atoms with E-state index in [-0.39, 0.29) is 5.75 Å². The third-order valence-electron chi connectivity index (χ3n) is 2.92. The fraction of sp³-hybridized carbons (Fsp3) is 0. The summed E-state index contributed by atoms with van der Waals surface area (Å²) in [7, 11) is 0. The summed E-state index contributed by atoms with van der Waals surface area (Å²) < 4.78 is 0. The Balaban J connectivity index is 2.20. The van der Waals surface area contributed by atoms with Crippen LogP contribution in [0.25, 0.3) is 10.9 Å². The number of phenolic OH excluding ortho intramolecular Hbond substituents is 1. The van der Waals surface area contributed by atoms with Crippen molar-refractivity contribution in [3.63, 3.8) is 0 Å². The quantitative estimate of drug-likeness (QED) is 0.770. The standard InChI is InChI=1S/C16H10N2OS/c17-9-11-10-18-13-6-2-1-5-12(13)16(11)20-15-8-4-3-7-14(15)19/h1-8,10,19H. The lowest BCUT2D eigenvalue weighted by molar-refractivity contribution is 0.462. The third kappa shape index (κ3) is 2.20. The van der Waals surface area contributed by atoms with Crippen LogP contribution < -0.4 is 0 Å². The van der Waals surface area contributed by atoms with Gasteiger partial charge in [0.15, 0.2) is 0 Å². The molecular weight excluding hydrogens is 268 g/mol. The molecule has 0 saturated carbocycles. The summed E-state index contributed by atoms with van der Waals surface area (Å²) >= 11 is 1.38. The second-order valence-corrected chi connectivity index (χ2v) is 5.25. The fourth-order valence-electron chi connectivity index (χ4n) is 1.96.